The molecule has 0 unspecified atom stereocenters. The third-order valence-electron chi connectivity index (χ3n) is 2.27. The molecule has 0 spiro atoms. The van der Waals surface area contributed by atoms with Gasteiger partial charge in [-0.15, -0.1) is 0 Å². The van der Waals surface area contributed by atoms with Crippen LogP contribution in [0, 0.1) is 11.6 Å². The van der Waals surface area contributed by atoms with E-state index in [4.69, 9.17) is 5.11 Å². The lowest BCUT2D eigenvalue weighted by atomic mass is 10.2. The zero-order chi connectivity index (χ0) is 14.6. The van der Waals surface area contributed by atoms with Crippen molar-refractivity contribution in [3.05, 3.63) is 28.2 Å². The van der Waals surface area contributed by atoms with Gasteiger partial charge in [-0.3, -0.25) is 0 Å². The Morgan fingerprint density at radius 1 is 1.37 bits per heavy atom. The molecular formula is C11H11BrF2N2O3. The van der Waals surface area contributed by atoms with Crippen molar-refractivity contribution in [3.8, 4) is 0 Å². The van der Waals surface area contributed by atoms with E-state index in [-0.39, 0.29) is 16.6 Å². The van der Waals surface area contributed by atoms with Gasteiger partial charge in [-0.05, 0) is 28.4 Å². The third-order valence-corrected chi connectivity index (χ3v) is 2.88. The van der Waals surface area contributed by atoms with Crippen molar-refractivity contribution >= 4 is 33.6 Å². The SMILES string of the molecule is CC[C@H](NC(=O)Nc1cc(Br)c(F)cc1F)C(=O)O. The van der Waals surface area contributed by atoms with Gasteiger partial charge in [0.15, 0.2) is 0 Å². The lowest BCUT2D eigenvalue weighted by Crippen LogP contribution is -2.42. The van der Waals surface area contributed by atoms with Gasteiger partial charge in [0.2, 0.25) is 0 Å². The Morgan fingerprint density at radius 2 is 2.00 bits per heavy atom. The maximum absolute atomic E-state index is 13.3. The quantitative estimate of drug-likeness (QED) is 0.739. The van der Waals surface area contributed by atoms with E-state index in [1.54, 1.807) is 6.92 Å². The molecule has 0 aromatic heterocycles. The number of carbonyl (C=O) groups is 2. The van der Waals surface area contributed by atoms with Crippen molar-refractivity contribution in [2.45, 2.75) is 19.4 Å². The molecule has 19 heavy (non-hydrogen) atoms. The molecule has 1 aromatic rings. The fourth-order valence-corrected chi connectivity index (χ4v) is 1.62. The van der Waals surface area contributed by atoms with Gasteiger partial charge >= 0.3 is 12.0 Å². The molecular weight excluding hydrogens is 326 g/mol. The normalized spacial score (nSPS) is 11.8. The highest BCUT2D eigenvalue weighted by molar-refractivity contribution is 9.10. The van der Waals surface area contributed by atoms with Crippen molar-refractivity contribution in [2.75, 3.05) is 5.32 Å². The molecule has 3 N–H and O–H groups in total. The maximum Gasteiger partial charge on any atom is 0.326 e. The molecule has 1 rings (SSSR count). The van der Waals surface area contributed by atoms with Gasteiger partial charge in [0.05, 0.1) is 10.2 Å². The first-order valence-corrected chi connectivity index (χ1v) is 6.09. The smallest absolute Gasteiger partial charge is 0.326 e. The largest absolute Gasteiger partial charge is 0.480 e. The molecule has 1 atom stereocenters. The van der Waals surface area contributed by atoms with Gasteiger partial charge in [0.25, 0.3) is 0 Å². The molecule has 2 amide bonds. The lowest BCUT2D eigenvalue weighted by Gasteiger charge is -2.13. The average Bonchev–Trinajstić information content (AvgIpc) is 2.32. The van der Waals surface area contributed by atoms with Crippen molar-refractivity contribution < 1.29 is 23.5 Å². The highest BCUT2D eigenvalue weighted by atomic mass is 79.9. The highest BCUT2D eigenvalue weighted by Gasteiger charge is 2.18. The van der Waals surface area contributed by atoms with Gasteiger partial charge in [-0.1, -0.05) is 6.92 Å². The Morgan fingerprint density at radius 3 is 2.53 bits per heavy atom. The molecule has 1 aromatic carbocycles. The number of rotatable bonds is 4. The van der Waals surface area contributed by atoms with E-state index in [2.05, 4.69) is 26.6 Å². The third kappa shape index (κ3) is 4.16. The van der Waals surface area contributed by atoms with Crippen LogP contribution in [0.15, 0.2) is 16.6 Å². The Labute approximate surface area is 116 Å². The molecule has 8 heteroatoms. The van der Waals surface area contributed by atoms with Crippen LogP contribution in [-0.4, -0.2) is 23.1 Å². The second-order valence-corrected chi connectivity index (χ2v) is 4.50. The van der Waals surface area contributed by atoms with Gasteiger partial charge < -0.3 is 15.7 Å². The second kappa shape index (κ2) is 6.46. The van der Waals surface area contributed by atoms with Crippen LogP contribution in [0.4, 0.5) is 19.3 Å². The number of carboxylic acids is 1. The van der Waals surface area contributed by atoms with E-state index < -0.39 is 29.7 Å². The molecule has 0 radical (unpaired) electrons. The highest BCUT2D eigenvalue weighted by Crippen LogP contribution is 2.23. The predicted molar refractivity (Wildman–Crippen MR) is 67.9 cm³/mol. The minimum absolute atomic E-state index is 0.0190. The molecule has 0 bridgehead atoms. The summed E-state index contributed by atoms with van der Waals surface area (Å²) in [6.45, 7) is 1.58. The van der Waals surface area contributed by atoms with Crippen LogP contribution in [0.25, 0.3) is 0 Å². The first-order chi connectivity index (χ1) is 8.85. The fraction of sp³-hybridized carbons (Fsp3) is 0.273. The predicted octanol–water partition coefficient (Wildman–Crippen LogP) is 2.71. The lowest BCUT2D eigenvalue weighted by molar-refractivity contribution is -0.139. The molecule has 0 fully saturated rings. The van der Waals surface area contributed by atoms with Crippen LogP contribution in [-0.2, 0) is 4.79 Å². The number of anilines is 1. The number of nitrogens with one attached hydrogen (secondary N) is 2. The summed E-state index contributed by atoms with van der Waals surface area (Å²) in [4.78, 5) is 22.2. The fourth-order valence-electron chi connectivity index (χ4n) is 1.27. The van der Waals surface area contributed by atoms with Gasteiger partial charge in [0, 0.05) is 6.07 Å². The summed E-state index contributed by atoms with van der Waals surface area (Å²) >= 11 is 2.85. The summed E-state index contributed by atoms with van der Waals surface area (Å²) in [5.74, 6) is -2.96. The number of carbonyl (C=O) groups excluding carboxylic acids is 1. The monoisotopic (exact) mass is 336 g/mol. The number of hydrogen-bond acceptors (Lipinski definition) is 2. The van der Waals surface area contributed by atoms with E-state index in [1.165, 1.54) is 0 Å². The summed E-state index contributed by atoms with van der Waals surface area (Å²) in [7, 11) is 0. The van der Waals surface area contributed by atoms with E-state index >= 15 is 0 Å². The molecule has 5 nitrogen and oxygen atoms in total. The number of urea groups is 1. The summed E-state index contributed by atoms with van der Waals surface area (Å²) in [5.41, 5.74) is -0.258. The minimum Gasteiger partial charge on any atom is -0.480 e. The minimum atomic E-state index is -1.20. The Kier molecular flexibility index (Phi) is 5.22. The molecule has 0 aliphatic rings. The number of benzene rings is 1. The van der Waals surface area contributed by atoms with Gasteiger partial charge in [-0.2, -0.15) is 0 Å². The topological polar surface area (TPSA) is 78.4 Å². The second-order valence-electron chi connectivity index (χ2n) is 3.64. The van der Waals surface area contributed by atoms with Crippen LogP contribution < -0.4 is 10.6 Å². The summed E-state index contributed by atoms with van der Waals surface area (Å²) in [5, 5.41) is 13.0. The van der Waals surface area contributed by atoms with Crippen LogP contribution in [0.5, 0.6) is 0 Å². The van der Waals surface area contributed by atoms with E-state index in [1.807, 2.05) is 0 Å². The standard InChI is InChI=1S/C11H11BrF2N2O3/c1-2-8(10(17)18)15-11(19)16-9-3-5(12)6(13)4-7(9)14/h3-4,8H,2H2,1H3,(H,17,18)(H2,15,16,19)/t8-/m0/s1. The van der Waals surface area contributed by atoms with Crippen LogP contribution >= 0.6 is 15.9 Å². The molecule has 0 aliphatic heterocycles. The van der Waals surface area contributed by atoms with Crippen LogP contribution in [0.2, 0.25) is 0 Å². The van der Waals surface area contributed by atoms with E-state index in [9.17, 15) is 18.4 Å². The average molecular weight is 337 g/mol. The van der Waals surface area contributed by atoms with Gasteiger partial charge in [0.1, 0.15) is 17.7 Å². The zero-order valence-electron chi connectivity index (χ0n) is 9.84. The molecule has 104 valence electrons. The molecule has 0 aliphatic carbocycles. The first kappa shape index (κ1) is 15.4. The van der Waals surface area contributed by atoms with E-state index in [0.29, 0.717) is 6.07 Å². The maximum atomic E-state index is 13.3. The summed E-state index contributed by atoms with van der Waals surface area (Å²) < 4.78 is 26.3. The Balaban J connectivity index is 2.77. The van der Waals surface area contributed by atoms with Crippen molar-refractivity contribution in [2.24, 2.45) is 0 Å². The summed E-state index contributed by atoms with van der Waals surface area (Å²) in [6, 6.07) is -0.307. The number of halogens is 3. The zero-order valence-corrected chi connectivity index (χ0v) is 11.4. The van der Waals surface area contributed by atoms with Crippen LogP contribution in [0.1, 0.15) is 13.3 Å². The number of carboxylic acid groups (broad SMARTS) is 1. The number of hydrogen-bond donors (Lipinski definition) is 3. The van der Waals surface area contributed by atoms with E-state index in [0.717, 1.165) is 6.07 Å². The molecule has 0 heterocycles. The number of amides is 2. The number of aliphatic carboxylic acids is 1. The first-order valence-electron chi connectivity index (χ1n) is 5.30. The van der Waals surface area contributed by atoms with Gasteiger partial charge in [-0.25, -0.2) is 18.4 Å². The van der Waals surface area contributed by atoms with Crippen molar-refractivity contribution in [1.82, 2.24) is 5.32 Å². The molecule has 0 saturated heterocycles. The van der Waals surface area contributed by atoms with Crippen molar-refractivity contribution in [3.63, 3.8) is 0 Å². The molecule has 0 saturated carbocycles. The van der Waals surface area contributed by atoms with Crippen LogP contribution in [0.3, 0.4) is 0 Å². The Bertz CT molecular complexity index is 511. The van der Waals surface area contributed by atoms with Crippen molar-refractivity contribution in [1.29, 1.82) is 0 Å². The Hall–Kier alpha value is -1.70. The summed E-state index contributed by atoms with van der Waals surface area (Å²) in [6.07, 6.45) is 0.179.